The first-order valence-electron chi connectivity index (χ1n) is 15.9. The number of hydrogen-bond acceptors (Lipinski definition) is 4. The Bertz CT molecular complexity index is 2400. The number of nitrogens with zero attached hydrogens (tertiary/aromatic N) is 6. The number of rotatable bonds is 3. The minimum Gasteiger partial charge on any atom is -0.344 e. The average Bonchev–Trinajstić information content (AvgIpc) is 3.65. The van der Waals surface area contributed by atoms with Crippen molar-refractivity contribution < 1.29 is 0 Å². The standard InChI is InChI=1S/C41H28N6/c1-45-38-22-26(46-34-14-6-2-10-28(34)29-11-3-7-15-35(29)46)18-20-32(38)40(41-43-24-42-25-44-41)33-21-19-27(23-39(33)45)47-36-16-8-4-12-30(36)31-13-5-9-17-37(31)47/h2-25,40H,1H3. The maximum atomic E-state index is 4.68. The highest BCUT2D eigenvalue weighted by molar-refractivity contribution is 6.10. The molecule has 0 fully saturated rings. The molecule has 0 amide bonds. The highest BCUT2D eigenvalue weighted by Crippen LogP contribution is 2.49. The second kappa shape index (κ2) is 9.86. The van der Waals surface area contributed by atoms with Crippen molar-refractivity contribution >= 4 is 55.0 Å². The van der Waals surface area contributed by atoms with Gasteiger partial charge in [-0.1, -0.05) is 84.9 Å². The zero-order chi connectivity index (χ0) is 31.1. The van der Waals surface area contributed by atoms with Crippen molar-refractivity contribution in [2.75, 3.05) is 11.9 Å². The minimum absolute atomic E-state index is 0.140. The van der Waals surface area contributed by atoms with Crippen LogP contribution in [0, 0.1) is 0 Å². The van der Waals surface area contributed by atoms with Gasteiger partial charge in [0, 0.05) is 51.3 Å². The molecule has 1 aliphatic rings. The van der Waals surface area contributed by atoms with Crippen molar-refractivity contribution in [2.45, 2.75) is 5.92 Å². The molecule has 0 saturated heterocycles. The first kappa shape index (κ1) is 26.0. The van der Waals surface area contributed by atoms with Gasteiger partial charge < -0.3 is 14.0 Å². The first-order valence-corrected chi connectivity index (χ1v) is 15.9. The van der Waals surface area contributed by atoms with Gasteiger partial charge in [0.2, 0.25) is 0 Å². The van der Waals surface area contributed by atoms with E-state index in [1.165, 1.54) is 54.7 Å². The molecule has 0 unspecified atom stereocenters. The van der Waals surface area contributed by atoms with Gasteiger partial charge in [-0.25, -0.2) is 15.0 Å². The maximum Gasteiger partial charge on any atom is 0.143 e. The third kappa shape index (κ3) is 3.69. The summed E-state index contributed by atoms with van der Waals surface area (Å²) < 4.78 is 4.75. The van der Waals surface area contributed by atoms with E-state index in [0.717, 1.165) is 28.6 Å². The van der Waals surface area contributed by atoms with E-state index in [4.69, 9.17) is 0 Å². The Hall–Kier alpha value is -6.27. The zero-order valence-corrected chi connectivity index (χ0v) is 25.6. The van der Waals surface area contributed by atoms with Crippen molar-refractivity contribution in [1.29, 1.82) is 0 Å². The molecular formula is C41H28N6. The van der Waals surface area contributed by atoms with E-state index in [0.29, 0.717) is 0 Å². The van der Waals surface area contributed by atoms with Gasteiger partial charge in [0.15, 0.2) is 0 Å². The van der Waals surface area contributed by atoms with Crippen LogP contribution in [0.4, 0.5) is 11.4 Å². The van der Waals surface area contributed by atoms with Crippen LogP contribution in [0.25, 0.3) is 55.0 Å². The number of fused-ring (bicyclic) bond motifs is 8. The lowest BCUT2D eigenvalue weighted by Crippen LogP contribution is -2.24. The molecule has 6 aromatic carbocycles. The Balaban J connectivity index is 1.21. The number of para-hydroxylation sites is 4. The van der Waals surface area contributed by atoms with Crippen LogP contribution < -0.4 is 4.90 Å². The lowest BCUT2D eigenvalue weighted by Gasteiger charge is -2.35. The van der Waals surface area contributed by atoms with E-state index < -0.39 is 0 Å². The van der Waals surface area contributed by atoms with Crippen molar-refractivity contribution in [3.63, 3.8) is 0 Å². The summed E-state index contributed by atoms with van der Waals surface area (Å²) in [7, 11) is 2.17. The van der Waals surface area contributed by atoms with Gasteiger partial charge in [0.1, 0.15) is 18.5 Å². The van der Waals surface area contributed by atoms with Crippen LogP contribution in [0.15, 0.2) is 146 Å². The van der Waals surface area contributed by atoms with Gasteiger partial charge in [0.25, 0.3) is 0 Å². The molecular weight excluding hydrogens is 576 g/mol. The molecule has 0 atom stereocenters. The molecule has 0 bridgehead atoms. The fourth-order valence-corrected chi connectivity index (χ4v) is 7.79. The monoisotopic (exact) mass is 604 g/mol. The molecule has 0 spiro atoms. The molecule has 10 rings (SSSR count). The molecule has 6 nitrogen and oxygen atoms in total. The smallest absolute Gasteiger partial charge is 0.143 e. The molecule has 3 aromatic heterocycles. The van der Waals surface area contributed by atoms with E-state index in [1.54, 1.807) is 12.7 Å². The summed E-state index contributed by atoms with van der Waals surface area (Å²) in [5, 5.41) is 4.99. The van der Waals surface area contributed by atoms with Gasteiger partial charge in [-0.05, 0) is 59.7 Å². The summed E-state index contributed by atoms with van der Waals surface area (Å²) in [4.78, 5) is 15.8. The molecule has 6 heteroatoms. The van der Waals surface area contributed by atoms with Crippen molar-refractivity contribution in [1.82, 2.24) is 24.1 Å². The second-order valence-corrected chi connectivity index (χ2v) is 12.2. The third-order valence-electron chi connectivity index (χ3n) is 9.82. The Morgan fingerprint density at radius 2 is 0.851 bits per heavy atom. The summed E-state index contributed by atoms with van der Waals surface area (Å²) >= 11 is 0. The van der Waals surface area contributed by atoms with Crippen molar-refractivity contribution in [3.05, 3.63) is 163 Å². The van der Waals surface area contributed by atoms with Crippen molar-refractivity contribution in [3.8, 4) is 11.4 Å². The van der Waals surface area contributed by atoms with Gasteiger partial charge in [0.05, 0.1) is 28.0 Å². The largest absolute Gasteiger partial charge is 0.344 e. The van der Waals surface area contributed by atoms with Crippen LogP contribution >= 0.6 is 0 Å². The predicted octanol–water partition coefficient (Wildman–Crippen LogP) is 9.33. The summed E-state index contributed by atoms with van der Waals surface area (Å²) in [6.07, 6.45) is 3.19. The summed E-state index contributed by atoms with van der Waals surface area (Å²) in [6, 6.07) is 48.2. The van der Waals surface area contributed by atoms with E-state index in [2.05, 4.69) is 169 Å². The zero-order valence-electron chi connectivity index (χ0n) is 25.6. The topological polar surface area (TPSA) is 51.8 Å². The van der Waals surface area contributed by atoms with E-state index in [1.807, 2.05) is 0 Å². The van der Waals surface area contributed by atoms with Crippen LogP contribution in [0.3, 0.4) is 0 Å². The number of benzene rings is 6. The summed E-state index contributed by atoms with van der Waals surface area (Å²) in [6.45, 7) is 0. The van der Waals surface area contributed by atoms with Crippen LogP contribution in [-0.2, 0) is 0 Å². The fourth-order valence-electron chi connectivity index (χ4n) is 7.79. The van der Waals surface area contributed by atoms with Crippen LogP contribution in [0.5, 0.6) is 0 Å². The lowest BCUT2D eigenvalue weighted by atomic mass is 9.84. The average molecular weight is 605 g/mol. The van der Waals surface area contributed by atoms with E-state index in [9.17, 15) is 0 Å². The third-order valence-corrected chi connectivity index (χ3v) is 9.82. The number of anilines is 2. The first-order chi connectivity index (χ1) is 23.3. The highest BCUT2D eigenvalue weighted by Gasteiger charge is 2.33. The normalized spacial score (nSPS) is 13.1. The van der Waals surface area contributed by atoms with Crippen LogP contribution in [-0.4, -0.2) is 31.1 Å². The van der Waals surface area contributed by atoms with Gasteiger partial charge >= 0.3 is 0 Å². The Labute approximate surface area is 270 Å². The molecule has 0 aliphatic carbocycles. The molecule has 47 heavy (non-hydrogen) atoms. The van der Waals surface area contributed by atoms with E-state index in [-0.39, 0.29) is 5.92 Å². The Morgan fingerprint density at radius 3 is 1.26 bits per heavy atom. The Kier molecular flexibility index (Phi) is 5.46. The molecule has 4 heterocycles. The molecule has 222 valence electrons. The van der Waals surface area contributed by atoms with E-state index >= 15 is 0 Å². The molecule has 1 aliphatic heterocycles. The summed E-state index contributed by atoms with van der Waals surface area (Å²) in [5.41, 5.74) is 11.6. The lowest BCUT2D eigenvalue weighted by molar-refractivity contribution is 0.812. The van der Waals surface area contributed by atoms with Gasteiger partial charge in [-0.15, -0.1) is 0 Å². The number of aromatic nitrogens is 5. The minimum atomic E-state index is -0.140. The predicted molar refractivity (Wildman–Crippen MR) is 190 cm³/mol. The fraction of sp³-hybridized carbons (Fsp3) is 0.0488. The summed E-state index contributed by atoms with van der Waals surface area (Å²) in [5.74, 6) is 0.600. The quantitative estimate of drug-likeness (QED) is 0.202. The van der Waals surface area contributed by atoms with Crippen molar-refractivity contribution in [2.24, 2.45) is 0 Å². The van der Waals surface area contributed by atoms with Crippen LogP contribution in [0.1, 0.15) is 22.9 Å². The number of hydrogen-bond donors (Lipinski definition) is 0. The van der Waals surface area contributed by atoms with Crippen LogP contribution in [0.2, 0.25) is 0 Å². The second-order valence-electron chi connectivity index (χ2n) is 12.2. The maximum absolute atomic E-state index is 4.68. The molecule has 0 radical (unpaired) electrons. The molecule has 0 saturated carbocycles. The molecule has 0 N–H and O–H groups in total. The van der Waals surface area contributed by atoms with Gasteiger partial charge in [-0.2, -0.15) is 0 Å². The Morgan fingerprint density at radius 1 is 0.468 bits per heavy atom. The molecule has 9 aromatic rings. The highest BCUT2D eigenvalue weighted by atomic mass is 15.1. The van der Waals surface area contributed by atoms with Gasteiger partial charge in [-0.3, -0.25) is 0 Å². The SMILES string of the molecule is CN1c2cc(-n3c4ccccc4c4ccccc43)ccc2C(c2ncncn2)c2ccc(-n3c4ccccc4c4ccccc43)cc21.